The Bertz CT molecular complexity index is 213. The zero-order valence-electron chi connectivity index (χ0n) is 14.1. The molecule has 0 aliphatic rings. The second-order valence-corrected chi connectivity index (χ2v) is 5.99. The number of carbonyl (C=O) groups excluding carboxylic acids is 1. The van der Waals surface area contributed by atoms with Crippen molar-refractivity contribution in [2.45, 2.75) is 110 Å². The van der Waals surface area contributed by atoms with Crippen molar-refractivity contribution in [1.29, 1.82) is 0 Å². The predicted molar refractivity (Wildman–Crippen MR) is 86.9 cm³/mol. The highest BCUT2D eigenvalue weighted by Gasteiger charge is 2.06. The Morgan fingerprint density at radius 3 is 1.70 bits per heavy atom. The fourth-order valence-corrected chi connectivity index (χ4v) is 2.30. The predicted octanol–water partition coefficient (Wildman–Crippen LogP) is 6.03. The van der Waals surface area contributed by atoms with Crippen LogP contribution in [0.3, 0.4) is 0 Å². The van der Waals surface area contributed by atoms with Crippen LogP contribution in [0.1, 0.15) is 104 Å². The molecule has 0 aromatic carbocycles. The van der Waals surface area contributed by atoms with Crippen molar-refractivity contribution >= 4 is 5.97 Å². The minimum absolute atomic E-state index is 0.0183. The van der Waals surface area contributed by atoms with E-state index in [0.717, 1.165) is 12.8 Å². The minimum Gasteiger partial charge on any atom is -0.463 e. The van der Waals surface area contributed by atoms with Gasteiger partial charge in [-0.3, -0.25) is 4.79 Å². The molecular formula is C18H36O2. The molecule has 0 aromatic heterocycles. The smallest absolute Gasteiger partial charge is 0.306 e. The third-order valence-electron chi connectivity index (χ3n) is 3.89. The van der Waals surface area contributed by atoms with Gasteiger partial charge in [-0.1, -0.05) is 78.1 Å². The van der Waals surface area contributed by atoms with Gasteiger partial charge in [-0.25, -0.2) is 0 Å². The molecule has 0 N–H and O–H groups in total. The van der Waals surface area contributed by atoms with E-state index in [1.165, 1.54) is 64.2 Å². The zero-order chi connectivity index (χ0) is 15.1. The maximum Gasteiger partial charge on any atom is 0.306 e. The molecule has 0 aromatic rings. The van der Waals surface area contributed by atoms with Crippen LogP contribution in [0.5, 0.6) is 0 Å². The lowest BCUT2D eigenvalue weighted by Crippen LogP contribution is -2.13. The summed E-state index contributed by atoms with van der Waals surface area (Å²) in [5.41, 5.74) is 0. The Balaban J connectivity index is 3.14. The first-order valence-electron chi connectivity index (χ1n) is 8.90. The number of hydrogen-bond acceptors (Lipinski definition) is 2. The number of ether oxygens (including phenoxy) is 1. The molecule has 0 aliphatic carbocycles. The van der Waals surface area contributed by atoms with Gasteiger partial charge in [0.25, 0.3) is 0 Å². The number of esters is 1. The number of unbranched alkanes of at least 4 members (excludes halogenated alkanes) is 10. The van der Waals surface area contributed by atoms with Crippen LogP contribution in [0.2, 0.25) is 0 Å². The van der Waals surface area contributed by atoms with E-state index in [9.17, 15) is 4.79 Å². The van der Waals surface area contributed by atoms with E-state index in [1.807, 2.05) is 13.8 Å². The lowest BCUT2D eigenvalue weighted by Gasteiger charge is -2.10. The number of hydrogen-bond donors (Lipinski definition) is 0. The van der Waals surface area contributed by atoms with Gasteiger partial charge in [-0.15, -0.1) is 0 Å². The quantitative estimate of drug-likeness (QED) is 0.287. The third kappa shape index (κ3) is 13.9. The molecule has 2 heteroatoms. The van der Waals surface area contributed by atoms with Crippen LogP contribution >= 0.6 is 0 Å². The topological polar surface area (TPSA) is 26.3 Å². The summed E-state index contributed by atoms with van der Waals surface area (Å²) in [6.07, 6.45) is 16.1. The summed E-state index contributed by atoms with van der Waals surface area (Å²) in [5.74, 6) is -0.0183. The molecule has 1 atom stereocenters. The summed E-state index contributed by atoms with van der Waals surface area (Å²) < 4.78 is 5.25. The molecule has 0 rings (SSSR count). The van der Waals surface area contributed by atoms with Crippen molar-refractivity contribution in [1.82, 2.24) is 0 Å². The second kappa shape index (κ2) is 14.9. The van der Waals surface area contributed by atoms with Gasteiger partial charge in [0.1, 0.15) is 0 Å². The summed E-state index contributed by atoms with van der Waals surface area (Å²) in [6, 6.07) is 0. The SMILES string of the molecule is CCCCCCCCCCCCCC(=O)O[C@@H](C)CC. The molecule has 20 heavy (non-hydrogen) atoms. The van der Waals surface area contributed by atoms with Gasteiger partial charge in [0.15, 0.2) is 0 Å². The maximum absolute atomic E-state index is 11.5. The molecule has 120 valence electrons. The summed E-state index contributed by atoms with van der Waals surface area (Å²) >= 11 is 0. The first kappa shape index (κ1) is 19.5. The van der Waals surface area contributed by atoms with Crippen LogP contribution in [-0.4, -0.2) is 12.1 Å². The van der Waals surface area contributed by atoms with Crippen LogP contribution in [0.25, 0.3) is 0 Å². The molecule has 0 aliphatic heterocycles. The Labute approximate surface area is 126 Å². The average molecular weight is 284 g/mol. The van der Waals surface area contributed by atoms with Crippen LogP contribution in [0.4, 0.5) is 0 Å². The number of rotatable bonds is 14. The van der Waals surface area contributed by atoms with Crippen molar-refractivity contribution < 1.29 is 9.53 Å². The summed E-state index contributed by atoms with van der Waals surface area (Å²) in [4.78, 5) is 11.5. The Morgan fingerprint density at radius 2 is 1.25 bits per heavy atom. The Kier molecular flexibility index (Phi) is 14.5. The van der Waals surface area contributed by atoms with Gasteiger partial charge >= 0.3 is 5.97 Å². The molecule has 0 amide bonds. The van der Waals surface area contributed by atoms with Gasteiger partial charge in [-0.2, -0.15) is 0 Å². The van der Waals surface area contributed by atoms with E-state index in [1.54, 1.807) is 0 Å². The summed E-state index contributed by atoms with van der Waals surface area (Å²) in [5, 5.41) is 0. The first-order valence-corrected chi connectivity index (χ1v) is 8.90. The average Bonchev–Trinajstić information content (AvgIpc) is 2.44. The normalized spacial score (nSPS) is 12.3. The fraction of sp³-hybridized carbons (Fsp3) is 0.944. The van der Waals surface area contributed by atoms with E-state index in [-0.39, 0.29) is 12.1 Å². The van der Waals surface area contributed by atoms with Crippen LogP contribution in [0, 0.1) is 0 Å². The minimum atomic E-state index is -0.0183. The van der Waals surface area contributed by atoms with E-state index < -0.39 is 0 Å². The lowest BCUT2D eigenvalue weighted by atomic mass is 10.1. The van der Waals surface area contributed by atoms with E-state index >= 15 is 0 Å². The second-order valence-electron chi connectivity index (χ2n) is 5.99. The van der Waals surface area contributed by atoms with Crippen molar-refractivity contribution in [2.75, 3.05) is 0 Å². The number of carbonyl (C=O) groups is 1. The molecule has 0 bridgehead atoms. The monoisotopic (exact) mass is 284 g/mol. The first-order chi connectivity index (χ1) is 9.70. The maximum atomic E-state index is 11.5. The van der Waals surface area contributed by atoms with E-state index in [2.05, 4.69) is 6.92 Å². The van der Waals surface area contributed by atoms with Gasteiger partial charge in [0.05, 0.1) is 6.10 Å². The molecule has 2 nitrogen and oxygen atoms in total. The molecule has 0 unspecified atom stereocenters. The third-order valence-corrected chi connectivity index (χ3v) is 3.89. The van der Waals surface area contributed by atoms with Crippen molar-refractivity contribution in [3.05, 3.63) is 0 Å². The highest BCUT2D eigenvalue weighted by molar-refractivity contribution is 5.69. The highest BCUT2D eigenvalue weighted by atomic mass is 16.5. The molecule has 0 saturated heterocycles. The van der Waals surface area contributed by atoms with E-state index in [4.69, 9.17) is 4.74 Å². The molecule has 0 saturated carbocycles. The van der Waals surface area contributed by atoms with Gasteiger partial charge in [0.2, 0.25) is 0 Å². The van der Waals surface area contributed by atoms with Crippen molar-refractivity contribution in [3.8, 4) is 0 Å². The van der Waals surface area contributed by atoms with Crippen LogP contribution < -0.4 is 0 Å². The lowest BCUT2D eigenvalue weighted by molar-refractivity contribution is -0.148. The highest BCUT2D eigenvalue weighted by Crippen LogP contribution is 2.12. The van der Waals surface area contributed by atoms with Crippen LogP contribution in [-0.2, 0) is 9.53 Å². The summed E-state index contributed by atoms with van der Waals surface area (Å²) in [7, 11) is 0. The van der Waals surface area contributed by atoms with Crippen molar-refractivity contribution in [2.24, 2.45) is 0 Å². The molecule has 0 radical (unpaired) electrons. The molecular weight excluding hydrogens is 248 g/mol. The Hall–Kier alpha value is -0.530. The molecule has 0 spiro atoms. The van der Waals surface area contributed by atoms with Gasteiger partial charge in [-0.05, 0) is 19.8 Å². The van der Waals surface area contributed by atoms with Crippen LogP contribution in [0.15, 0.2) is 0 Å². The van der Waals surface area contributed by atoms with E-state index in [0.29, 0.717) is 6.42 Å². The standard InChI is InChI=1S/C18H36O2/c1-4-6-7-8-9-10-11-12-13-14-15-16-18(19)20-17(3)5-2/h17H,4-16H2,1-3H3/t17-/m0/s1. The van der Waals surface area contributed by atoms with Crippen molar-refractivity contribution in [3.63, 3.8) is 0 Å². The largest absolute Gasteiger partial charge is 0.463 e. The Morgan fingerprint density at radius 1 is 0.800 bits per heavy atom. The zero-order valence-corrected chi connectivity index (χ0v) is 14.1. The molecule has 0 fully saturated rings. The van der Waals surface area contributed by atoms with Gasteiger partial charge in [0, 0.05) is 6.42 Å². The summed E-state index contributed by atoms with van der Waals surface area (Å²) in [6.45, 7) is 6.26. The molecule has 0 heterocycles. The fourth-order valence-electron chi connectivity index (χ4n) is 2.30. The van der Waals surface area contributed by atoms with Gasteiger partial charge < -0.3 is 4.74 Å².